The summed E-state index contributed by atoms with van der Waals surface area (Å²) in [5, 5.41) is 0. The number of rotatable bonds is 45. The number of nitrogens with zero attached hydrogens (tertiary/aromatic N) is 2. The van der Waals surface area contributed by atoms with Gasteiger partial charge in [-0.3, -0.25) is 0 Å². The molecule has 1 aliphatic heterocycles. The third-order valence-corrected chi connectivity index (χ3v) is 14.6. The second-order valence-electron chi connectivity index (χ2n) is 21.4. The first-order valence-electron chi connectivity index (χ1n) is 31.2. The van der Waals surface area contributed by atoms with Crippen LogP contribution in [0.15, 0.2) is 60.2 Å². The van der Waals surface area contributed by atoms with Gasteiger partial charge in [0.2, 0.25) is 11.4 Å². The fraction of sp³-hybridized carbons (Fsp3) is 0.735. The van der Waals surface area contributed by atoms with Crippen molar-refractivity contribution in [1.29, 1.82) is 0 Å². The van der Waals surface area contributed by atoms with E-state index in [1.165, 1.54) is 272 Å². The van der Waals surface area contributed by atoms with Crippen molar-refractivity contribution in [1.82, 2.24) is 0 Å². The van der Waals surface area contributed by atoms with E-state index in [1.54, 1.807) is 0 Å². The number of benzene rings is 2. The van der Waals surface area contributed by atoms with Gasteiger partial charge in [0.25, 0.3) is 0 Å². The van der Waals surface area contributed by atoms with Crippen LogP contribution >= 0.6 is 0 Å². The smallest absolute Gasteiger partial charge is 0.493 e. The Bertz CT molecular complexity index is 1450. The summed E-state index contributed by atoms with van der Waals surface area (Å²) in [4.78, 5) is 0. The van der Waals surface area contributed by atoms with Gasteiger partial charge in [-0.25, -0.2) is 4.70 Å². The zero-order chi connectivity index (χ0) is 50.8. The summed E-state index contributed by atoms with van der Waals surface area (Å²) in [7, 11) is 0. The predicted octanol–water partition coefficient (Wildman–Crippen LogP) is 24.1. The number of hydrogen-bond acceptors (Lipinski definition) is 0. The average molecular weight is 1020 g/mol. The van der Waals surface area contributed by atoms with Gasteiger partial charge in [0.05, 0.1) is 0 Å². The van der Waals surface area contributed by atoms with Crippen molar-refractivity contribution in [3.63, 3.8) is 0 Å². The third kappa shape index (κ3) is 38.3. The van der Waals surface area contributed by atoms with Gasteiger partial charge in [0, 0.05) is 22.8 Å². The molecule has 1 aliphatic rings. The zero-order valence-corrected chi connectivity index (χ0v) is 49.1. The second kappa shape index (κ2) is 52.9. The Balaban J connectivity index is 0.00000109. The van der Waals surface area contributed by atoms with Crippen molar-refractivity contribution in [3.8, 4) is 0 Å². The van der Waals surface area contributed by atoms with E-state index < -0.39 is 0 Å². The minimum atomic E-state index is 0. The average Bonchev–Trinajstić information content (AvgIpc) is 3.72. The molecule has 0 unspecified atom stereocenters. The second-order valence-corrected chi connectivity index (χ2v) is 21.4. The molecule has 0 amide bonds. The standard InChI is InChI=1S/C30H40N2.2C19H39.Ni/c1-4-7-10-11-18-28-23-29(26-19-12-16-24(21-26)14-8-5-2)32(31)30(28)27-20-13-17-25(22-27)15-9-6-3;2*1-3-5-7-9-11-13-15-17-19-18-16-14-12-10-8-6-4-2;/h12-13,16-17,19-23H,4-11,14-15,18H2,1-3H3;2*1,3-19H2,2H3;/q;2*-1;+2. The van der Waals surface area contributed by atoms with Gasteiger partial charge in [0.15, 0.2) is 0 Å². The summed E-state index contributed by atoms with van der Waals surface area (Å²) in [5.41, 5.74) is 19.4. The van der Waals surface area contributed by atoms with Crippen molar-refractivity contribution < 1.29 is 21.2 Å². The molecule has 410 valence electrons. The summed E-state index contributed by atoms with van der Waals surface area (Å²) in [6.45, 7) is 19.1. The molecule has 0 N–H and O–H groups in total. The van der Waals surface area contributed by atoms with Crippen molar-refractivity contribution in [2.75, 3.05) is 0 Å². The first-order chi connectivity index (χ1) is 34.5. The molecule has 0 spiro atoms. The molecule has 3 heteroatoms. The van der Waals surface area contributed by atoms with Crippen LogP contribution in [0.1, 0.15) is 333 Å². The topological polar surface area (TPSA) is 25.3 Å². The largest absolute Gasteiger partial charge is 2.00 e. The van der Waals surface area contributed by atoms with Gasteiger partial charge in [-0.1, -0.05) is 296 Å². The first-order valence-corrected chi connectivity index (χ1v) is 31.2. The minimum Gasteiger partial charge on any atom is -0.493 e. The van der Waals surface area contributed by atoms with Gasteiger partial charge < -0.3 is 19.4 Å². The molecule has 3 rings (SSSR count). The van der Waals surface area contributed by atoms with E-state index in [4.69, 9.17) is 0 Å². The zero-order valence-electron chi connectivity index (χ0n) is 48.1. The monoisotopic (exact) mass is 1020 g/mol. The van der Waals surface area contributed by atoms with Gasteiger partial charge >= 0.3 is 16.5 Å². The number of allylic oxidation sites excluding steroid dienone is 2. The Morgan fingerprint density at radius 1 is 0.352 bits per heavy atom. The molecule has 0 aromatic heterocycles. The fourth-order valence-electron chi connectivity index (χ4n) is 9.97. The molecule has 0 aliphatic carbocycles. The number of aryl methyl sites for hydroxylation is 2. The molecule has 71 heavy (non-hydrogen) atoms. The quantitative estimate of drug-likeness (QED) is 0.0273. The Labute approximate surface area is 455 Å². The summed E-state index contributed by atoms with van der Waals surface area (Å²) >= 11 is 0. The summed E-state index contributed by atoms with van der Waals surface area (Å²) in [6, 6.07) is 17.5. The van der Waals surface area contributed by atoms with E-state index >= 15 is 0 Å². The molecule has 0 saturated heterocycles. The Morgan fingerprint density at radius 2 is 0.648 bits per heavy atom. The van der Waals surface area contributed by atoms with Crippen molar-refractivity contribution >= 4 is 11.4 Å². The first kappa shape index (κ1) is 69.0. The molecule has 2 nitrogen and oxygen atoms in total. The van der Waals surface area contributed by atoms with Crippen LogP contribution < -0.4 is 0 Å². The van der Waals surface area contributed by atoms with E-state index in [9.17, 15) is 5.53 Å². The Kier molecular flexibility index (Phi) is 51.4. The van der Waals surface area contributed by atoms with Crippen LogP contribution in [-0.2, 0) is 29.3 Å². The predicted molar refractivity (Wildman–Crippen MR) is 316 cm³/mol. The van der Waals surface area contributed by atoms with Gasteiger partial charge in [0.1, 0.15) is 0 Å². The molecule has 0 saturated carbocycles. The molecule has 0 radical (unpaired) electrons. The molecular formula is C68H118N2Ni. The normalized spacial score (nSPS) is 12.1. The Hall–Kier alpha value is -1.99. The molecule has 1 heterocycles. The summed E-state index contributed by atoms with van der Waals surface area (Å²) in [5.74, 6) is 0. The maximum absolute atomic E-state index is 11.4. The van der Waals surface area contributed by atoms with Gasteiger partial charge in [-0.2, -0.15) is 12.8 Å². The van der Waals surface area contributed by atoms with E-state index in [-0.39, 0.29) is 16.5 Å². The maximum Gasteiger partial charge on any atom is 2.00 e. The van der Waals surface area contributed by atoms with Crippen LogP contribution in [0.2, 0.25) is 0 Å². The van der Waals surface area contributed by atoms with Crippen LogP contribution in [0.4, 0.5) is 0 Å². The van der Waals surface area contributed by atoms with Crippen LogP contribution in [0, 0.1) is 13.8 Å². The van der Waals surface area contributed by atoms with Crippen LogP contribution in [0.25, 0.3) is 16.9 Å². The van der Waals surface area contributed by atoms with Crippen molar-refractivity contribution in [2.45, 2.75) is 324 Å². The number of unbranched alkanes of at least 4 members (excludes halogenated alkanes) is 37. The van der Waals surface area contributed by atoms with Crippen LogP contribution in [-0.4, -0.2) is 4.70 Å². The van der Waals surface area contributed by atoms with E-state index in [2.05, 4.69) is 103 Å². The molecule has 0 bridgehead atoms. The van der Waals surface area contributed by atoms with Gasteiger partial charge in [-0.05, 0) is 73.9 Å². The molecular weight excluding hydrogens is 903 g/mol. The summed E-state index contributed by atoms with van der Waals surface area (Å²) in [6.07, 6.45) is 63.7. The maximum atomic E-state index is 11.4. The van der Waals surface area contributed by atoms with Crippen LogP contribution in [0.5, 0.6) is 0 Å². The number of hydrogen-bond donors (Lipinski definition) is 0. The SMILES string of the molecule is CCCCCCC1=C(c2cccc(CCCC)c2)[N+](=[N-])C(c2cccc(CCCC)c2)=C1.[CH2-]CCCCCCCCCCCCCCCCCC.[CH2-]CCCCCCCCCCCCCCCCCC.[Ni+2]. The summed E-state index contributed by atoms with van der Waals surface area (Å²) < 4.78 is 1.45. The van der Waals surface area contributed by atoms with E-state index in [0.29, 0.717) is 0 Å². The third-order valence-electron chi connectivity index (χ3n) is 14.6. The Morgan fingerprint density at radius 3 is 0.986 bits per heavy atom. The minimum absolute atomic E-state index is 0. The fourth-order valence-corrected chi connectivity index (χ4v) is 9.97. The molecule has 0 fully saturated rings. The molecule has 0 atom stereocenters. The van der Waals surface area contributed by atoms with Crippen molar-refractivity contribution in [2.24, 2.45) is 0 Å². The van der Waals surface area contributed by atoms with E-state index in [1.807, 2.05) is 0 Å². The van der Waals surface area contributed by atoms with Crippen LogP contribution in [0.3, 0.4) is 0 Å². The molecule has 2 aromatic rings. The van der Waals surface area contributed by atoms with Gasteiger partial charge in [-0.15, -0.1) is 0 Å². The van der Waals surface area contributed by atoms with Crippen molar-refractivity contribution in [3.05, 3.63) is 102 Å². The molecule has 2 aromatic carbocycles. The van der Waals surface area contributed by atoms with E-state index in [0.717, 1.165) is 61.0 Å².